The second-order valence-corrected chi connectivity index (χ2v) is 15.5. The number of halogens is 3. The Balaban J connectivity index is 0.000000119. The highest BCUT2D eigenvalue weighted by Gasteiger charge is 2.16. The van der Waals surface area contributed by atoms with Gasteiger partial charge in [-0.2, -0.15) is 0 Å². The summed E-state index contributed by atoms with van der Waals surface area (Å²) >= 11 is 15.5. The molecule has 11 aromatic rings. The van der Waals surface area contributed by atoms with Crippen LogP contribution >= 0.6 is 39.1 Å². The lowest BCUT2D eigenvalue weighted by Crippen LogP contribution is -1.93. The van der Waals surface area contributed by atoms with Crippen LogP contribution in [0.1, 0.15) is 18.6 Å². The standard InChI is InChI=1S/C24H14ClNO.C13H10.C12H6BrClO.CH4/c25-15-9-11-19-20-12-10-16(14-24(20)27-23(19)13-15)26-21-7-3-1-5-17(21)18-6-2-4-8-22(18)26;1-3-7-12-10(5-1)9-11-6-2-4-8-13(11)12;13-7-1-3-9-10-4-2-8(14)6-12(10)15-11(9)5-7;/h1-14H;1-8H,9H2;1-6H;1H4. The molecule has 0 saturated carbocycles. The molecule has 0 aliphatic heterocycles. The molecule has 6 heteroatoms. The van der Waals surface area contributed by atoms with E-state index in [1.54, 1.807) is 0 Å². The van der Waals surface area contributed by atoms with Crippen LogP contribution in [0.5, 0.6) is 0 Å². The number of furan rings is 2. The third kappa shape index (κ3) is 6.34. The van der Waals surface area contributed by atoms with Gasteiger partial charge in [-0.1, -0.05) is 131 Å². The monoisotopic (exact) mass is 829 g/mol. The van der Waals surface area contributed by atoms with Crippen LogP contribution in [0.4, 0.5) is 0 Å². The van der Waals surface area contributed by atoms with Crippen LogP contribution in [-0.4, -0.2) is 4.57 Å². The molecule has 0 atom stereocenters. The molecule has 8 aromatic carbocycles. The molecule has 56 heavy (non-hydrogen) atoms. The Morgan fingerprint density at radius 1 is 0.429 bits per heavy atom. The molecular formula is C50H34BrCl2NO2. The zero-order valence-electron chi connectivity index (χ0n) is 29.3. The van der Waals surface area contributed by atoms with Crippen molar-refractivity contribution < 1.29 is 8.83 Å². The van der Waals surface area contributed by atoms with Crippen molar-refractivity contribution in [2.75, 3.05) is 0 Å². The van der Waals surface area contributed by atoms with Crippen LogP contribution in [0.15, 0.2) is 183 Å². The number of nitrogens with zero attached hydrogens (tertiary/aromatic N) is 1. The van der Waals surface area contributed by atoms with Crippen LogP contribution in [0, 0.1) is 0 Å². The molecular weight excluding hydrogens is 797 g/mol. The Bertz CT molecular complexity index is 3090. The highest BCUT2D eigenvalue weighted by Crippen LogP contribution is 2.37. The summed E-state index contributed by atoms with van der Waals surface area (Å²) in [6.07, 6.45) is 1.10. The summed E-state index contributed by atoms with van der Waals surface area (Å²) in [7, 11) is 0. The smallest absolute Gasteiger partial charge is 0.137 e. The molecule has 1 aliphatic carbocycles. The lowest BCUT2D eigenvalue weighted by molar-refractivity contribution is 0.668. The van der Waals surface area contributed by atoms with Crippen molar-refractivity contribution in [1.82, 2.24) is 4.57 Å². The van der Waals surface area contributed by atoms with Crippen molar-refractivity contribution in [2.24, 2.45) is 0 Å². The molecule has 0 amide bonds. The number of benzene rings is 8. The summed E-state index contributed by atoms with van der Waals surface area (Å²) in [6.45, 7) is 0. The van der Waals surface area contributed by atoms with Crippen molar-refractivity contribution in [2.45, 2.75) is 13.8 Å². The van der Waals surface area contributed by atoms with Crippen molar-refractivity contribution in [3.63, 3.8) is 0 Å². The first-order valence-corrected chi connectivity index (χ1v) is 19.6. The number of fused-ring (bicyclic) bond motifs is 12. The molecule has 0 fully saturated rings. The third-order valence-corrected chi connectivity index (χ3v) is 11.3. The number of para-hydroxylation sites is 2. The van der Waals surface area contributed by atoms with Gasteiger partial charge in [-0.3, -0.25) is 0 Å². The van der Waals surface area contributed by atoms with Gasteiger partial charge in [0.15, 0.2) is 0 Å². The van der Waals surface area contributed by atoms with E-state index in [4.69, 9.17) is 32.0 Å². The first-order valence-electron chi connectivity index (χ1n) is 18.0. The van der Waals surface area contributed by atoms with E-state index in [1.165, 1.54) is 44.1 Å². The van der Waals surface area contributed by atoms with Crippen molar-refractivity contribution >= 4 is 105 Å². The molecule has 0 spiro atoms. The van der Waals surface area contributed by atoms with Crippen LogP contribution in [0.3, 0.4) is 0 Å². The maximum absolute atomic E-state index is 6.13. The van der Waals surface area contributed by atoms with E-state index in [0.29, 0.717) is 10.0 Å². The Labute approximate surface area is 342 Å². The van der Waals surface area contributed by atoms with Gasteiger partial charge >= 0.3 is 0 Å². The largest absolute Gasteiger partial charge is 0.456 e. The van der Waals surface area contributed by atoms with E-state index in [1.807, 2.05) is 54.6 Å². The van der Waals surface area contributed by atoms with Crippen molar-refractivity contribution in [3.8, 4) is 16.8 Å². The average Bonchev–Trinajstić information content (AvgIpc) is 3.96. The van der Waals surface area contributed by atoms with Crippen LogP contribution in [-0.2, 0) is 6.42 Å². The lowest BCUT2D eigenvalue weighted by atomic mass is 10.1. The molecule has 0 saturated heterocycles. The molecule has 272 valence electrons. The number of rotatable bonds is 1. The zero-order chi connectivity index (χ0) is 37.0. The molecule has 1 aliphatic rings. The molecule has 0 unspecified atom stereocenters. The highest BCUT2D eigenvalue weighted by atomic mass is 79.9. The number of aromatic nitrogens is 1. The topological polar surface area (TPSA) is 31.2 Å². The van der Waals surface area contributed by atoms with E-state index in [2.05, 4.69) is 136 Å². The fourth-order valence-corrected chi connectivity index (χ4v) is 8.55. The molecule has 3 heterocycles. The van der Waals surface area contributed by atoms with Gasteiger partial charge in [0.2, 0.25) is 0 Å². The first kappa shape index (κ1) is 35.9. The summed E-state index contributed by atoms with van der Waals surface area (Å²) < 4.78 is 15.1. The van der Waals surface area contributed by atoms with Crippen LogP contribution < -0.4 is 0 Å². The third-order valence-electron chi connectivity index (χ3n) is 10.4. The normalized spacial score (nSPS) is 11.6. The van der Waals surface area contributed by atoms with E-state index in [-0.39, 0.29) is 7.43 Å². The SMILES string of the molecule is C.Clc1ccc2c(c1)oc1cc(-n3c4ccccc4c4ccccc43)ccc12.Clc1ccc2c(c1)oc1cc(Br)ccc12.c1ccc2c(c1)Cc1ccccc1-2. The minimum Gasteiger partial charge on any atom is -0.456 e. The molecule has 3 aromatic heterocycles. The maximum Gasteiger partial charge on any atom is 0.137 e. The maximum atomic E-state index is 6.13. The summed E-state index contributed by atoms with van der Waals surface area (Å²) in [5, 5.41) is 8.29. The molecule has 0 bridgehead atoms. The van der Waals surface area contributed by atoms with Crippen LogP contribution in [0.2, 0.25) is 10.0 Å². The second kappa shape index (κ2) is 14.7. The van der Waals surface area contributed by atoms with Gasteiger partial charge < -0.3 is 13.4 Å². The Morgan fingerprint density at radius 2 is 0.857 bits per heavy atom. The summed E-state index contributed by atoms with van der Waals surface area (Å²) in [5.41, 5.74) is 12.6. The van der Waals surface area contributed by atoms with Gasteiger partial charge in [-0.05, 0) is 95.4 Å². The van der Waals surface area contributed by atoms with Crippen LogP contribution in [0.25, 0.3) is 82.5 Å². The Kier molecular flexibility index (Phi) is 9.43. The molecule has 0 N–H and O–H groups in total. The molecule has 12 rings (SSSR count). The van der Waals surface area contributed by atoms with Crippen molar-refractivity contribution in [1.29, 1.82) is 0 Å². The number of hydrogen-bond donors (Lipinski definition) is 0. The van der Waals surface area contributed by atoms with Crippen molar-refractivity contribution in [3.05, 3.63) is 196 Å². The fraction of sp³-hybridized carbons (Fsp3) is 0.0400. The van der Waals surface area contributed by atoms with E-state index in [9.17, 15) is 0 Å². The van der Waals surface area contributed by atoms with Gasteiger partial charge in [0.1, 0.15) is 22.3 Å². The first-order chi connectivity index (χ1) is 27.0. The highest BCUT2D eigenvalue weighted by molar-refractivity contribution is 9.10. The Morgan fingerprint density at radius 3 is 1.41 bits per heavy atom. The minimum absolute atomic E-state index is 0. The molecule has 3 nitrogen and oxygen atoms in total. The number of hydrogen-bond acceptors (Lipinski definition) is 2. The Hall–Kier alpha value is -5.78. The predicted molar refractivity (Wildman–Crippen MR) is 241 cm³/mol. The van der Waals surface area contributed by atoms with E-state index < -0.39 is 0 Å². The van der Waals surface area contributed by atoms with Gasteiger partial charge in [0.05, 0.1) is 11.0 Å². The summed E-state index contributed by atoms with van der Waals surface area (Å²) in [4.78, 5) is 0. The predicted octanol–water partition coefficient (Wildman–Crippen LogP) is 16.2. The minimum atomic E-state index is 0. The zero-order valence-corrected chi connectivity index (χ0v) is 32.4. The average molecular weight is 832 g/mol. The van der Waals surface area contributed by atoms with Gasteiger partial charge in [0, 0.05) is 70.7 Å². The lowest BCUT2D eigenvalue weighted by Gasteiger charge is -2.07. The summed E-state index contributed by atoms with van der Waals surface area (Å²) in [5.74, 6) is 0. The van der Waals surface area contributed by atoms with Gasteiger partial charge in [0.25, 0.3) is 0 Å². The van der Waals surface area contributed by atoms with E-state index >= 15 is 0 Å². The fourth-order valence-electron chi connectivity index (χ4n) is 7.88. The van der Waals surface area contributed by atoms with E-state index in [0.717, 1.165) is 60.5 Å². The summed E-state index contributed by atoms with van der Waals surface area (Å²) in [6, 6.07) is 58.2. The van der Waals surface area contributed by atoms with Gasteiger partial charge in [-0.15, -0.1) is 0 Å². The quantitative estimate of drug-likeness (QED) is 0.165. The molecule has 0 radical (unpaired) electrons. The van der Waals surface area contributed by atoms with Gasteiger partial charge in [-0.25, -0.2) is 0 Å². The second-order valence-electron chi connectivity index (χ2n) is 13.7.